The minimum Gasteiger partial charge on any atom is -0.493 e. The number of anilines is 1. The fraction of sp³-hybridized carbons (Fsp3) is 0.250. The molecule has 0 bridgehead atoms. The quantitative estimate of drug-likeness (QED) is 0.422. The lowest BCUT2D eigenvalue weighted by molar-refractivity contribution is 0.355. The Morgan fingerprint density at radius 1 is 1.13 bits per heavy atom. The summed E-state index contributed by atoms with van der Waals surface area (Å²) in [5.74, 6) is 1.31. The van der Waals surface area contributed by atoms with Crippen molar-refractivity contribution in [3.05, 3.63) is 64.6 Å². The number of rotatable bonds is 9. The molecule has 0 saturated carbocycles. The van der Waals surface area contributed by atoms with Gasteiger partial charge in [0.2, 0.25) is 0 Å². The van der Waals surface area contributed by atoms with Crippen LogP contribution < -0.4 is 14.8 Å². The summed E-state index contributed by atoms with van der Waals surface area (Å²) in [6.45, 7) is 2.19. The van der Waals surface area contributed by atoms with Crippen LogP contribution in [0.15, 0.2) is 54.0 Å². The Balaban J connectivity index is 1.75. The van der Waals surface area contributed by atoms with Crippen molar-refractivity contribution in [2.24, 2.45) is 0 Å². The molecule has 5 nitrogen and oxygen atoms in total. The van der Waals surface area contributed by atoms with Crippen LogP contribution in [0.5, 0.6) is 11.5 Å². The molecule has 0 radical (unpaired) electrons. The van der Waals surface area contributed by atoms with Gasteiger partial charge in [-0.1, -0.05) is 25.5 Å². The van der Waals surface area contributed by atoms with Gasteiger partial charge in [-0.25, -0.2) is 4.98 Å². The van der Waals surface area contributed by atoms with Crippen molar-refractivity contribution >= 4 is 22.6 Å². The number of hydrogen-bond acceptors (Lipinski definition) is 6. The number of nitrogens with one attached hydrogen (secondary N) is 1. The molecule has 0 spiro atoms. The zero-order valence-corrected chi connectivity index (χ0v) is 18.3. The first-order valence-electron chi connectivity index (χ1n) is 9.82. The van der Waals surface area contributed by atoms with Crippen molar-refractivity contribution in [3.63, 3.8) is 0 Å². The third-order valence-corrected chi connectivity index (χ3v) is 5.57. The van der Waals surface area contributed by atoms with E-state index in [4.69, 9.17) is 9.47 Å². The number of aryl methyl sites for hydroxylation is 1. The van der Waals surface area contributed by atoms with E-state index in [0.717, 1.165) is 23.4 Å². The van der Waals surface area contributed by atoms with Gasteiger partial charge in [0, 0.05) is 22.8 Å². The monoisotopic (exact) mass is 419 g/mol. The molecule has 30 heavy (non-hydrogen) atoms. The van der Waals surface area contributed by atoms with Crippen molar-refractivity contribution in [2.45, 2.75) is 26.2 Å². The molecule has 3 aromatic rings. The second kappa shape index (κ2) is 10.5. The molecule has 154 valence electrons. The standard InChI is InChI=1S/C24H25N3O2S/c1-4-5-6-17-7-10-20(11-8-17)26-15-19(14-25)24-27-21(16-30-24)18-9-12-22(28-2)23(13-18)29-3/h7-13,15-16,26H,4-6H2,1-3H3/b19-15-. The topological polar surface area (TPSA) is 67.2 Å². The van der Waals surface area contributed by atoms with Crippen molar-refractivity contribution in [1.82, 2.24) is 4.98 Å². The second-order valence-corrected chi connectivity index (χ2v) is 7.58. The molecule has 0 aliphatic rings. The van der Waals surface area contributed by atoms with E-state index in [1.54, 1.807) is 20.4 Å². The lowest BCUT2D eigenvalue weighted by atomic mass is 10.1. The molecule has 0 saturated heterocycles. The van der Waals surface area contributed by atoms with Crippen LogP contribution in [0.4, 0.5) is 5.69 Å². The average molecular weight is 420 g/mol. The maximum atomic E-state index is 9.60. The highest BCUT2D eigenvalue weighted by atomic mass is 32.1. The summed E-state index contributed by atoms with van der Waals surface area (Å²) in [5, 5.41) is 15.4. The van der Waals surface area contributed by atoms with Crippen LogP contribution >= 0.6 is 11.3 Å². The molecule has 0 atom stereocenters. The molecular weight excluding hydrogens is 394 g/mol. The van der Waals surface area contributed by atoms with Gasteiger partial charge in [0.25, 0.3) is 0 Å². The van der Waals surface area contributed by atoms with Gasteiger partial charge in [-0.05, 0) is 48.7 Å². The highest BCUT2D eigenvalue weighted by Crippen LogP contribution is 2.33. The highest BCUT2D eigenvalue weighted by molar-refractivity contribution is 7.11. The Hall–Kier alpha value is -3.30. The molecule has 2 aromatic carbocycles. The van der Waals surface area contributed by atoms with Crippen molar-refractivity contribution in [3.8, 4) is 28.8 Å². The van der Waals surface area contributed by atoms with Gasteiger partial charge < -0.3 is 14.8 Å². The van der Waals surface area contributed by atoms with Crippen molar-refractivity contribution in [2.75, 3.05) is 19.5 Å². The summed E-state index contributed by atoms with van der Waals surface area (Å²) in [4.78, 5) is 4.63. The summed E-state index contributed by atoms with van der Waals surface area (Å²) < 4.78 is 10.7. The van der Waals surface area contributed by atoms with Crippen LogP contribution in [-0.4, -0.2) is 19.2 Å². The van der Waals surface area contributed by atoms with Crippen LogP contribution in [0, 0.1) is 11.3 Å². The van der Waals surface area contributed by atoms with Crippen LogP contribution in [-0.2, 0) is 6.42 Å². The first-order valence-corrected chi connectivity index (χ1v) is 10.7. The third kappa shape index (κ3) is 5.19. The number of aromatic nitrogens is 1. The predicted molar refractivity (Wildman–Crippen MR) is 123 cm³/mol. The zero-order valence-electron chi connectivity index (χ0n) is 17.4. The largest absolute Gasteiger partial charge is 0.493 e. The Kier molecular flexibility index (Phi) is 7.47. The number of nitrogens with zero attached hydrogens (tertiary/aromatic N) is 2. The molecule has 0 amide bonds. The lowest BCUT2D eigenvalue weighted by Crippen LogP contribution is -1.92. The number of methoxy groups -OCH3 is 2. The molecule has 0 fully saturated rings. The van der Waals surface area contributed by atoms with Gasteiger partial charge in [0.1, 0.15) is 16.6 Å². The smallest absolute Gasteiger partial charge is 0.161 e. The minimum absolute atomic E-state index is 0.488. The Morgan fingerprint density at radius 2 is 1.90 bits per heavy atom. The SMILES string of the molecule is CCCCc1ccc(N/C=C(/C#N)c2nc(-c3ccc(OC)c(OC)c3)cs2)cc1. The molecule has 3 rings (SSSR count). The number of thiazole rings is 1. The van der Waals surface area contributed by atoms with Crippen molar-refractivity contribution < 1.29 is 9.47 Å². The second-order valence-electron chi connectivity index (χ2n) is 6.72. The van der Waals surface area contributed by atoms with E-state index in [1.807, 2.05) is 35.7 Å². The fourth-order valence-electron chi connectivity index (χ4n) is 2.97. The maximum Gasteiger partial charge on any atom is 0.161 e. The molecule has 0 aliphatic carbocycles. The molecule has 1 heterocycles. The first-order chi connectivity index (χ1) is 14.7. The predicted octanol–water partition coefficient (Wildman–Crippen LogP) is 6.15. The summed E-state index contributed by atoms with van der Waals surface area (Å²) in [6, 6.07) is 16.2. The van der Waals surface area contributed by atoms with Gasteiger partial charge in [-0.3, -0.25) is 0 Å². The van der Waals surface area contributed by atoms with Crippen molar-refractivity contribution in [1.29, 1.82) is 5.26 Å². The summed E-state index contributed by atoms with van der Waals surface area (Å²) in [5.41, 5.74) is 4.45. The molecule has 1 N–H and O–H groups in total. The number of allylic oxidation sites excluding steroid dienone is 1. The van der Waals surface area contributed by atoms with E-state index < -0.39 is 0 Å². The van der Waals surface area contributed by atoms with E-state index in [-0.39, 0.29) is 0 Å². The number of benzene rings is 2. The van der Waals surface area contributed by atoms with Crippen LogP contribution in [0.2, 0.25) is 0 Å². The Bertz CT molecular complexity index is 1050. The van der Waals surface area contributed by atoms with E-state index in [2.05, 4.69) is 35.4 Å². The van der Waals surface area contributed by atoms with E-state index >= 15 is 0 Å². The van der Waals surface area contributed by atoms with E-state index in [1.165, 1.54) is 29.7 Å². The summed E-state index contributed by atoms with van der Waals surface area (Å²) >= 11 is 1.43. The van der Waals surface area contributed by atoms with Gasteiger partial charge >= 0.3 is 0 Å². The zero-order chi connectivity index (χ0) is 21.3. The van der Waals surface area contributed by atoms with Crippen LogP contribution in [0.25, 0.3) is 16.8 Å². The molecule has 6 heteroatoms. The van der Waals surface area contributed by atoms with Gasteiger partial charge in [0.15, 0.2) is 11.5 Å². The van der Waals surface area contributed by atoms with E-state index in [9.17, 15) is 5.26 Å². The highest BCUT2D eigenvalue weighted by Gasteiger charge is 2.11. The third-order valence-electron chi connectivity index (χ3n) is 4.69. The van der Waals surface area contributed by atoms with Gasteiger partial charge in [0.05, 0.1) is 19.9 Å². The molecule has 0 aliphatic heterocycles. The van der Waals surface area contributed by atoms with Gasteiger partial charge in [-0.15, -0.1) is 11.3 Å². The van der Waals surface area contributed by atoms with Gasteiger partial charge in [-0.2, -0.15) is 5.26 Å². The average Bonchev–Trinajstić information content (AvgIpc) is 3.28. The van der Waals surface area contributed by atoms with Crippen LogP contribution in [0.1, 0.15) is 30.3 Å². The van der Waals surface area contributed by atoms with Crippen LogP contribution in [0.3, 0.4) is 0 Å². The summed E-state index contributed by atoms with van der Waals surface area (Å²) in [7, 11) is 3.21. The summed E-state index contributed by atoms with van der Waals surface area (Å²) in [6.07, 6.45) is 5.18. The molecular formula is C24H25N3O2S. The Morgan fingerprint density at radius 3 is 2.57 bits per heavy atom. The maximum absolute atomic E-state index is 9.60. The number of hydrogen-bond donors (Lipinski definition) is 1. The van der Waals surface area contributed by atoms with E-state index in [0.29, 0.717) is 22.1 Å². The minimum atomic E-state index is 0.488. The fourth-order valence-corrected chi connectivity index (χ4v) is 3.77. The molecule has 0 unspecified atom stereocenters. The Labute approximate surface area is 181 Å². The normalized spacial score (nSPS) is 11.1. The molecule has 1 aromatic heterocycles. The number of unbranched alkanes of at least 4 members (excludes halogenated alkanes) is 1. The number of ether oxygens (including phenoxy) is 2. The number of nitriles is 1. The first kappa shape index (κ1) is 21.4. The lowest BCUT2D eigenvalue weighted by Gasteiger charge is -2.08.